The Morgan fingerprint density at radius 3 is 2.80 bits per heavy atom. The summed E-state index contributed by atoms with van der Waals surface area (Å²) in [6, 6.07) is 3.64. The average Bonchev–Trinajstić information content (AvgIpc) is 2.91. The summed E-state index contributed by atoms with van der Waals surface area (Å²) in [6.45, 7) is 5.57. The van der Waals surface area contributed by atoms with Crippen LogP contribution in [0.1, 0.15) is 41.7 Å². The molecule has 3 heterocycles. The zero-order valence-electron chi connectivity index (χ0n) is 15.2. The van der Waals surface area contributed by atoms with Crippen LogP contribution in [0.4, 0.5) is 0 Å². The van der Waals surface area contributed by atoms with E-state index in [-0.39, 0.29) is 17.2 Å². The number of aryl methyl sites for hydroxylation is 1. The van der Waals surface area contributed by atoms with Gasteiger partial charge >= 0.3 is 0 Å². The summed E-state index contributed by atoms with van der Waals surface area (Å²) in [5.74, 6) is 0.306. The van der Waals surface area contributed by atoms with Crippen molar-refractivity contribution in [3.05, 3.63) is 29.6 Å². The maximum atomic E-state index is 12.7. The zero-order chi connectivity index (χ0) is 17.9. The molecule has 0 radical (unpaired) electrons. The molecule has 0 N–H and O–H groups in total. The number of amides is 2. The lowest BCUT2D eigenvalue weighted by Gasteiger charge is -2.39. The van der Waals surface area contributed by atoms with Gasteiger partial charge in [0.25, 0.3) is 5.91 Å². The predicted molar refractivity (Wildman–Crippen MR) is 94.2 cm³/mol. The van der Waals surface area contributed by atoms with Crippen LogP contribution in [0.2, 0.25) is 0 Å². The summed E-state index contributed by atoms with van der Waals surface area (Å²) in [6.07, 6.45) is 4.99. The molecule has 0 aromatic carbocycles. The first-order valence-corrected chi connectivity index (χ1v) is 9.02. The molecule has 25 heavy (non-hydrogen) atoms. The highest BCUT2D eigenvalue weighted by atomic mass is 16.5. The third-order valence-electron chi connectivity index (χ3n) is 5.53. The molecular weight excluding hydrogens is 318 g/mol. The summed E-state index contributed by atoms with van der Waals surface area (Å²) in [4.78, 5) is 33.1. The third-order valence-corrected chi connectivity index (χ3v) is 5.53. The number of nitrogens with zero attached hydrogens (tertiary/aromatic N) is 3. The predicted octanol–water partition coefficient (Wildman–Crippen LogP) is 1.88. The Bertz CT molecular complexity index is 639. The van der Waals surface area contributed by atoms with Crippen molar-refractivity contribution in [2.24, 2.45) is 5.41 Å². The molecule has 2 amide bonds. The first-order chi connectivity index (χ1) is 12.0. The summed E-state index contributed by atoms with van der Waals surface area (Å²) in [5.41, 5.74) is 1.50. The number of carbonyl (C=O) groups is 2. The Kier molecular flexibility index (Phi) is 5.37. The van der Waals surface area contributed by atoms with Crippen molar-refractivity contribution in [3.63, 3.8) is 0 Å². The number of ether oxygens (including phenoxy) is 1. The van der Waals surface area contributed by atoms with Crippen LogP contribution in [0.5, 0.6) is 0 Å². The van der Waals surface area contributed by atoms with E-state index in [1.165, 1.54) is 0 Å². The first kappa shape index (κ1) is 17.9. The summed E-state index contributed by atoms with van der Waals surface area (Å²) >= 11 is 0. The van der Waals surface area contributed by atoms with E-state index in [4.69, 9.17) is 4.74 Å². The van der Waals surface area contributed by atoms with Crippen LogP contribution in [-0.4, -0.2) is 66.5 Å². The second-order valence-electron chi connectivity index (χ2n) is 7.27. The lowest BCUT2D eigenvalue weighted by molar-refractivity contribution is -0.128. The van der Waals surface area contributed by atoms with Gasteiger partial charge in [0, 0.05) is 63.6 Å². The number of hydrogen-bond acceptors (Lipinski definition) is 4. The number of hydrogen-bond donors (Lipinski definition) is 0. The van der Waals surface area contributed by atoms with Gasteiger partial charge in [-0.15, -0.1) is 0 Å². The van der Waals surface area contributed by atoms with Crippen LogP contribution in [0.3, 0.4) is 0 Å². The summed E-state index contributed by atoms with van der Waals surface area (Å²) in [5, 5.41) is 0. The van der Waals surface area contributed by atoms with Crippen LogP contribution in [0, 0.1) is 12.3 Å². The fraction of sp³-hybridized carbons (Fsp3) is 0.632. The maximum absolute atomic E-state index is 12.7. The molecule has 1 aromatic heterocycles. The molecule has 0 atom stereocenters. The third kappa shape index (κ3) is 3.84. The van der Waals surface area contributed by atoms with E-state index in [2.05, 4.69) is 4.98 Å². The minimum absolute atomic E-state index is 0.0465. The molecular formula is C19H27N3O3. The molecule has 136 valence electrons. The van der Waals surface area contributed by atoms with Crippen LogP contribution in [0.15, 0.2) is 18.3 Å². The number of likely N-dealkylation sites (tertiary alicyclic amines) is 2. The summed E-state index contributed by atoms with van der Waals surface area (Å²) in [7, 11) is 1.68. The quantitative estimate of drug-likeness (QED) is 0.765. The van der Waals surface area contributed by atoms with Crippen molar-refractivity contribution in [1.82, 2.24) is 14.8 Å². The van der Waals surface area contributed by atoms with Gasteiger partial charge in [0.1, 0.15) is 0 Å². The topological polar surface area (TPSA) is 62.7 Å². The number of methoxy groups -OCH3 is 1. The second kappa shape index (κ2) is 7.52. The van der Waals surface area contributed by atoms with E-state index < -0.39 is 0 Å². The largest absolute Gasteiger partial charge is 0.385 e. The lowest BCUT2D eigenvalue weighted by Crippen LogP contribution is -2.44. The van der Waals surface area contributed by atoms with E-state index in [1.807, 2.05) is 22.8 Å². The Morgan fingerprint density at radius 1 is 1.36 bits per heavy atom. The van der Waals surface area contributed by atoms with E-state index >= 15 is 0 Å². The van der Waals surface area contributed by atoms with Crippen LogP contribution in [0.25, 0.3) is 0 Å². The molecule has 1 spiro atoms. The molecule has 0 aliphatic carbocycles. The highest BCUT2D eigenvalue weighted by Crippen LogP contribution is 2.41. The van der Waals surface area contributed by atoms with Crippen molar-refractivity contribution in [1.29, 1.82) is 0 Å². The Morgan fingerprint density at radius 2 is 2.12 bits per heavy atom. The van der Waals surface area contributed by atoms with E-state index in [1.54, 1.807) is 19.4 Å². The highest BCUT2D eigenvalue weighted by molar-refractivity contribution is 5.95. The monoisotopic (exact) mass is 345 g/mol. The highest BCUT2D eigenvalue weighted by Gasteiger charge is 2.45. The van der Waals surface area contributed by atoms with E-state index in [9.17, 15) is 9.59 Å². The molecule has 2 aliphatic heterocycles. The fourth-order valence-corrected chi connectivity index (χ4v) is 3.98. The summed E-state index contributed by atoms with van der Waals surface area (Å²) < 4.78 is 5.08. The van der Waals surface area contributed by atoms with Crippen molar-refractivity contribution < 1.29 is 14.3 Å². The van der Waals surface area contributed by atoms with Gasteiger partial charge in [-0.3, -0.25) is 14.6 Å². The van der Waals surface area contributed by atoms with Gasteiger partial charge in [-0.1, -0.05) is 0 Å². The number of aromatic nitrogens is 1. The number of carbonyl (C=O) groups excluding carboxylic acids is 2. The Labute approximate surface area is 149 Å². The van der Waals surface area contributed by atoms with Gasteiger partial charge in [-0.2, -0.15) is 0 Å². The molecule has 2 aliphatic rings. The van der Waals surface area contributed by atoms with Gasteiger partial charge in [0.2, 0.25) is 5.91 Å². The number of rotatable bonds is 5. The Balaban J connectivity index is 1.58. The van der Waals surface area contributed by atoms with Crippen molar-refractivity contribution in [2.45, 2.75) is 32.6 Å². The van der Waals surface area contributed by atoms with Crippen molar-refractivity contribution >= 4 is 11.8 Å². The molecule has 0 bridgehead atoms. The fourth-order valence-electron chi connectivity index (χ4n) is 3.98. The standard InChI is InChI=1S/C19H27N3O3/c1-15-16(5-3-8-20-15)18(24)21-10-6-19(7-11-21)13-17(23)22(14-19)9-4-12-25-2/h3,5,8H,4,6-7,9-14H2,1-2H3. The molecule has 6 heteroatoms. The smallest absolute Gasteiger partial charge is 0.255 e. The average molecular weight is 345 g/mol. The molecule has 2 saturated heterocycles. The van der Waals surface area contributed by atoms with Gasteiger partial charge in [0.05, 0.1) is 5.56 Å². The van der Waals surface area contributed by atoms with Crippen LogP contribution in [-0.2, 0) is 9.53 Å². The molecule has 2 fully saturated rings. The molecule has 6 nitrogen and oxygen atoms in total. The van der Waals surface area contributed by atoms with Crippen molar-refractivity contribution in [3.8, 4) is 0 Å². The maximum Gasteiger partial charge on any atom is 0.255 e. The van der Waals surface area contributed by atoms with Crippen molar-refractivity contribution in [2.75, 3.05) is 39.9 Å². The number of piperidine rings is 1. The lowest BCUT2D eigenvalue weighted by atomic mass is 9.77. The first-order valence-electron chi connectivity index (χ1n) is 9.02. The minimum atomic E-state index is 0.0465. The molecule has 0 saturated carbocycles. The molecule has 0 unspecified atom stereocenters. The second-order valence-corrected chi connectivity index (χ2v) is 7.27. The normalized spacial score (nSPS) is 19.7. The van der Waals surface area contributed by atoms with Crippen LogP contribution < -0.4 is 0 Å². The molecule has 1 aromatic rings. The minimum Gasteiger partial charge on any atom is -0.385 e. The number of pyridine rings is 1. The molecule has 3 rings (SSSR count). The SMILES string of the molecule is COCCCN1CC2(CCN(C(=O)c3cccnc3C)CC2)CC1=O. The van der Waals surface area contributed by atoms with E-state index in [0.717, 1.165) is 38.0 Å². The van der Waals surface area contributed by atoms with Gasteiger partial charge in [0.15, 0.2) is 0 Å². The van der Waals surface area contributed by atoms with Crippen LogP contribution >= 0.6 is 0 Å². The van der Waals surface area contributed by atoms with Gasteiger partial charge < -0.3 is 14.5 Å². The zero-order valence-corrected chi connectivity index (χ0v) is 15.2. The van der Waals surface area contributed by atoms with E-state index in [0.29, 0.717) is 31.7 Å². The van der Waals surface area contributed by atoms with Gasteiger partial charge in [-0.25, -0.2) is 0 Å². The van der Waals surface area contributed by atoms with Gasteiger partial charge in [-0.05, 0) is 38.3 Å². The Hall–Kier alpha value is -1.95.